The molecular formula is C11H18N2O. The molecule has 1 N–H and O–H groups in total. The van der Waals surface area contributed by atoms with Gasteiger partial charge in [0.05, 0.1) is 12.2 Å². The molecule has 2 aliphatic rings. The van der Waals surface area contributed by atoms with Gasteiger partial charge < -0.3 is 5.11 Å². The van der Waals surface area contributed by atoms with Crippen LogP contribution in [0.1, 0.15) is 38.5 Å². The summed E-state index contributed by atoms with van der Waals surface area (Å²) in [6.07, 6.45) is 5.97. The summed E-state index contributed by atoms with van der Waals surface area (Å²) in [4.78, 5) is 2.30. The van der Waals surface area contributed by atoms with E-state index in [4.69, 9.17) is 0 Å². The fraction of sp³-hybridized carbons (Fsp3) is 0.909. The molecule has 0 radical (unpaired) electrons. The Morgan fingerprint density at radius 1 is 1.21 bits per heavy atom. The second-order valence-corrected chi connectivity index (χ2v) is 4.57. The van der Waals surface area contributed by atoms with Crippen LogP contribution in [0.25, 0.3) is 0 Å². The molecule has 2 rings (SSSR count). The first-order valence-corrected chi connectivity index (χ1v) is 5.61. The van der Waals surface area contributed by atoms with Crippen LogP contribution in [-0.2, 0) is 0 Å². The monoisotopic (exact) mass is 194 g/mol. The third-order valence-electron chi connectivity index (χ3n) is 3.71. The molecule has 3 nitrogen and oxygen atoms in total. The Morgan fingerprint density at radius 3 is 2.29 bits per heavy atom. The third-order valence-corrected chi connectivity index (χ3v) is 3.71. The lowest BCUT2D eigenvalue weighted by molar-refractivity contribution is 0.0402. The molecule has 0 spiro atoms. The minimum atomic E-state index is -0.180. The summed E-state index contributed by atoms with van der Waals surface area (Å²) in [7, 11) is 0. The Hall–Kier alpha value is -0.590. The van der Waals surface area contributed by atoms with Crippen LogP contribution >= 0.6 is 0 Å². The normalized spacial score (nSPS) is 28.9. The molecule has 0 aromatic rings. The van der Waals surface area contributed by atoms with Crippen LogP contribution in [0.3, 0.4) is 0 Å². The van der Waals surface area contributed by atoms with Gasteiger partial charge in [-0.1, -0.05) is 12.8 Å². The average molecular weight is 194 g/mol. The predicted molar refractivity (Wildman–Crippen MR) is 53.6 cm³/mol. The SMILES string of the molecule is N#CC1(N2CCC(O)CC2)CCCC1. The van der Waals surface area contributed by atoms with Crippen LogP contribution in [0.2, 0.25) is 0 Å². The van der Waals surface area contributed by atoms with Crippen LogP contribution in [0.15, 0.2) is 0 Å². The van der Waals surface area contributed by atoms with Crippen molar-refractivity contribution in [2.75, 3.05) is 13.1 Å². The Balaban J connectivity index is 2.02. The Morgan fingerprint density at radius 2 is 1.79 bits per heavy atom. The second-order valence-electron chi connectivity index (χ2n) is 4.57. The molecule has 78 valence electrons. The first-order valence-electron chi connectivity index (χ1n) is 5.61. The lowest BCUT2D eigenvalue weighted by atomic mass is 9.93. The largest absolute Gasteiger partial charge is 0.393 e. The highest BCUT2D eigenvalue weighted by Crippen LogP contribution is 2.36. The molecule has 1 aliphatic heterocycles. The molecule has 14 heavy (non-hydrogen) atoms. The van der Waals surface area contributed by atoms with E-state index in [1.54, 1.807) is 0 Å². The van der Waals surface area contributed by atoms with Gasteiger partial charge in [0.15, 0.2) is 0 Å². The summed E-state index contributed by atoms with van der Waals surface area (Å²) < 4.78 is 0. The van der Waals surface area contributed by atoms with Crippen LogP contribution in [-0.4, -0.2) is 34.7 Å². The van der Waals surface area contributed by atoms with Crippen LogP contribution in [0.5, 0.6) is 0 Å². The average Bonchev–Trinajstić information content (AvgIpc) is 2.68. The zero-order valence-electron chi connectivity index (χ0n) is 8.58. The molecule has 2 fully saturated rings. The van der Waals surface area contributed by atoms with Gasteiger partial charge in [0.1, 0.15) is 5.54 Å². The molecule has 1 saturated carbocycles. The number of aliphatic hydroxyl groups excluding tert-OH is 1. The lowest BCUT2D eigenvalue weighted by Gasteiger charge is -2.39. The van der Waals surface area contributed by atoms with E-state index < -0.39 is 0 Å². The number of nitrogens with zero attached hydrogens (tertiary/aromatic N) is 2. The molecule has 0 aromatic carbocycles. The number of hydrogen-bond donors (Lipinski definition) is 1. The maximum atomic E-state index is 9.42. The van der Waals surface area contributed by atoms with Gasteiger partial charge in [-0.3, -0.25) is 4.90 Å². The number of likely N-dealkylation sites (tertiary alicyclic amines) is 1. The van der Waals surface area contributed by atoms with Crippen LogP contribution < -0.4 is 0 Å². The maximum absolute atomic E-state index is 9.42. The number of hydrogen-bond acceptors (Lipinski definition) is 3. The minimum absolute atomic E-state index is 0.136. The summed E-state index contributed by atoms with van der Waals surface area (Å²) in [6.45, 7) is 1.80. The van der Waals surface area contributed by atoms with Gasteiger partial charge in [-0.25, -0.2) is 0 Å². The Bertz CT molecular complexity index is 232. The van der Waals surface area contributed by atoms with Gasteiger partial charge in [-0.2, -0.15) is 5.26 Å². The number of aliphatic hydroxyl groups is 1. The van der Waals surface area contributed by atoms with Crippen molar-refractivity contribution in [1.29, 1.82) is 5.26 Å². The zero-order valence-corrected chi connectivity index (χ0v) is 8.58. The predicted octanol–water partition coefficient (Wildman–Crippen LogP) is 1.28. The molecule has 1 heterocycles. The second kappa shape index (κ2) is 3.88. The summed E-state index contributed by atoms with van der Waals surface area (Å²) in [5.41, 5.74) is -0.180. The van der Waals surface area contributed by atoms with Crippen molar-refractivity contribution in [3.05, 3.63) is 0 Å². The minimum Gasteiger partial charge on any atom is -0.393 e. The van der Waals surface area contributed by atoms with E-state index in [9.17, 15) is 10.4 Å². The molecule has 3 heteroatoms. The van der Waals surface area contributed by atoms with Crippen molar-refractivity contribution >= 4 is 0 Å². The molecule has 0 amide bonds. The van der Waals surface area contributed by atoms with Crippen molar-refractivity contribution in [3.63, 3.8) is 0 Å². The maximum Gasteiger partial charge on any atom is 0.109 e. The lowest BCUT2D eigenvalue weighted by Crippen LogP contribution is -2.50. The molecule has 0 bridgehead atoms. The summed E-state index contributed by atoms with van der Waals surface area (Å²) in [5.74, 6) is 0. The molecule has 0 atom stereocenters. The van der Waals surface area contributed by atoms with Crippen molar-refractivity contribution in [2.45, 2.75) is 50.2 Å². The standard InChI is InChI=1S/C11H18N2O/c12-9-11(5-1-2-6-11)13-7-3-10(14)4-8-13/h10,14H,1-8H2. The van der Waals surface area contributed by atoms with Gasteiger partial charge >= 0.3 is 0 Å². The van der Waals surface area contributed by atoms with E-state index in [0.717, 1.165) is 38.8 Å². The van der Waals surface area contributed by atoms with E-state index in [2.05, 4.69) is 11.0 Å². The molecular weight excluding hydrogens is 176 g/mol. The first-order chi connectivity index (χ1) is 6.77. The highest BCUT2D eigenvalue weighted by Gasteiger charge is 2.40. The molecule has 0 unspecified atom stereocenters. The van der Waals surface area contributed by atoms with E-state index in [0.29, 0.717) is 0 Å². The van der Waals surface area contributed by atoms with E-state index in [1.807, 2.05) is 0 Å². The van der Waals surface area contributed by atoms with Crippen molar-refractivity contribution < 1.29 is 5.11 Å². The van der Waals surface area contributed by atoms with Crippen LogP contribution in [0.4, 0.5) is 0 Å². The highest BCUT2D eigenvalue weighted by atomic mass is 16.3. The van der Waals surface area contributed by atoms with E-state index in [1.165, 1.54) is 12.8 Å². The van der Waals surface area contributed by atoms with Crippen molar-refractivity contribution in [3.8, 4) is 6.07 Å². The molecule has 0 aromatic heterocycles. The number of nitriles is 1. The molecule has 1 aliphatic carbocycles. The quantitative estimate of drug-likeness (QED) is 0.684. The zero-order chi connectivity index (χ0) is 10.0. The van der Waals surface area contributed by atoms with Crippen molar-refractivity contribution in [1.82, 2.24) is 4.90 Å². The van der Waals surface area contributed by atoms with Gasteiger partial charge in [-0.05, 0) is 25.7 Å². The summed E-state index contributed by atoms with van der Waals surface area (Å²) >= 11 is 0. The smallest absolute Gasteiger partial charge is 0.109 e. The van der Waals surface area contributed by atoms with Gasteiger partial charge in [-0.15, -0.1) is 0 Å². The van der Waals surface area contributed by atoms with E-state index in [-0.39, 0.29) is 11.6 Å². The number of rotatable bonds is 1. The van der Waals surface area contributed by atoms with Gasteiger partial charge in [0, 0.05) is 13.1 Å². The highest BCUT2D eigenvalue weighted by molar-refractivity contribution is 5.11. The fourth-order valence-corrected chi connectivity index (χ4v) is 2.75. The Labute approximate surface area is 85.3 Å². The first kappa shape index (κ1) is 9.95. The Kier molecular flexibility index (Phi) is 2.76. The van der Waals surface area contributed by atoms with Gasteiger partial charge in [0.2, 0.25) is 0 Å². The fourth-order valence-electron chi connectivity index (χ4n) is 2.75. The topological polar surface area (TPSA) is 47.3 Å². The third kappa shape index (κ3) is 1.65. The van der Waals surface area contributed by atoms with Gasteiger partial charge in [0.25, 0.3) is 0 Å². The summed E-state index contributed by atoms with van der Waals surface area (Å²) in [5, 5.41) is 18.7. The number of piperidine rings is 1. The van der Waals surface area contributed by atoms with Crippen molar-refractivity contribution in [2.24, 2.45) is 0 Å². The summed E-state index contributed by atoms with van der Waals surface area (Å²) in [6, 6.07) is 2.51. The van der Waals surface area contributed by atoms with Crippen LogP contribution in [0, 0.1) is 11.3 Å². The van der Waals surface area contributed by atoms with E-state index >= 15 is 0 Å². The molecule has 1 saturated heterocycles.